The van der Waals surface area contributed by atoms with Crippen molar-refractivity contribution in [3.05, 3.63) is 76.1 Å². The first kappa shape index (κ1) is 22.9. The molecular weight excluding hydrogens is 444 g/mol. The van der Waals surface area contributed by atoms with Crippen LogP contribution in [-0.2, 0) is 24.1 Å². The molecule has 4 rings (SSSR count). The third-order valence-corrected chi connectivity index (χ3v) is 7.86. The fourth-order valence-electron chi connectivity index (χ4n) is 4.34. The Morgan fingerprint density at radius 3 is 2.45 bits per heavy atom. The second-order valence-corrected chi connectivity index (χ2v) is 10.3. The van der Waals surface area contributed by atoms with Gasteiger partial charge in [0.15, 0.2) is 15.6 Å². The van der Waals surface area contributed by atoms with E-state index in [2.05, 4.69) is 0 Å². The Balaban J connectivity index is 1.73. The molecule has 0 amide bonds. The van der Waals surface area contributed by atoms with Crippen LogP contribution in [0.4, 0.5) is 0 Å². The van der Waals surface area contributed by atoms with Crippen LogP contribution < -0.4 is 0 Å². The van der Waals surface area contributed by atoms with Crippen molar-refractivity contribution >= 4 is 27.6 Å². The Morgan fingerprint density at radius 2 is 1.76 bits per heavy atom. The maximum atomic E-state index is 13.0. The molecule has 0 bridgehead atoms. The van der Waals surface area contributed by atoms with Gasteiger partial charge in [-0.1, -0.05) is 18.2 Å². The molecule has 0 radical (unpaired) electrons. The maximum absolute atomic E-state index is 13.0. The van der Waals surface area contributed by atoms with Gasteiger partial charge in [0, 0.05) is 30.9 Å². The van der Waals surface area contributed by atoms with E-state index in [1.807, 2.05) is 0 Å². The van der Waals surface area contributed by atoms with Crippen LogP contribution in [0.25, 0.3) is 0 Å². The number of benzene rings is 2. The van der Waals surface area contributed by atoms with Crippen molar-refractivity contribution in [3.8, 4) is 0 Å². The molecular formula is C25H24O7S. The van der Waals surface area contributed by atoms with Crippen LogP contribution in [0.15, 0.2) is 53.1 Å². The topological polar surface area (TPSA) is 104 Å². The fourth-order valence-corrected chi connectivity index (χ4v) is 6.24. The second-order valence-electron chi connectivity index (χ2n) is 8.30. The standard InChI is InChI=1S/C25H24O7S/c1-15-13-20(25(28)31-19-10-6-9-18(26)14-19)16(2)22-21(11-12-33(29,30)23(15)22)32-24(27)17-7-4-3-5-8-17/h3-5,7-8,13-14,21H,6,9-12H2,1-2H3. The zero-order chi connectivity index (χ0) is 23.8. The number of hydrogen-bond donors (Lipinski definition) is 0. The zero-order valence-corrected chi connectivity index (χ0v) is 19.2. The van der Waals surface area contributed by atoms with Crippen molar-refractivity contribution in [1.29, 1.82) is 0 Å². The van der Waals surface area contributed by atoms with Gasteiger partial charge in [0.25, 0.3) is 0 Å². The molecule has 172 valence electrons. The summed E-state index contributed by atoms with van der Waals surface area (Å²) in [7, 11) is -3.60. The average molecular weight is 469 g/mol. The SMILES string of the molecule is Cc1cc(C(=O)OC2=CC(=O)CCC2)c(C)c2c1S(=O)(=O)CCC2OC(=O)c1ccccc1. The maximum Gasteiger partial charge on any atom is 0.343 e. The average Bonchev–Trinajstić information content (AvgIpc) is 2.77. The molecule has 2 aliphatic rings. The first-order chi connectivity index (χ1) is 15.7. The second kappa shape index (κ2) is 8.94. The minimum atomic E-state index is -3.60. The lowest BCUT2D eigenvalue weighted by atomic mass is 9.93. The molecule has 0 fully saturated rings. The first-order valence-corrected chi connectivity index (χ1v) is 12.4. The van der Waals surface area contributed by atoms with E-state index < -0.39 is 27.9 Å². The molecule has 0 saturated carbocycles. The molecule has 8 heteroatoms. The van der Waals surface area contributed by atoms with Gasteiger partial charge in [0.1, 0.15) is 11.9 Å². The largest absolute Gasteiger partial charge is 0.454 e. The molecule has 1 atom stereocenters. The highest BCUT2D eigenvalue weighted by Crippen LogP contribution is 2.40. The lowest BCUT2D eigenvalue weighted by Crippen LogP contribution is -2.27. The van der Waals surface area contributed by atoms with Crippen LogP contribution in [0.1, 0.15) is 69.2 Å². The number of esters is 2. The summed E-state index contributed by atoms with van der Waals surface area (Å²) in [5.74, 6) is -1.20. The Morgan fingerprint density at radius 1 is 1.03 bits per heavy atom. The van der Waals surface area contributed by atoms with Crippen LogP contribution in [0.3, 0.4) is 0 Å². The predicted octanol–water partition coefficient (Wildman–Crippen LogP) is 4.17. The number of fused-ring (bicyclic) bond motifs is 1. The van der Waals surface area contributed by atoms with Crippen molar-refractivity contribution in [2.24, 2.45) is 0 Å². The highest BCUT2D eigenvalue weighted by Gasteiger charge is 2.37. The number of sulfone groups is 1. The molecule has 1 unspecified atom stereocenters. The fraction of sp³-hybridized carbons (Fsp3) is 0.320. The van der Waals surface area contributed by atoms with Gasteiger partial charge in [-0.2, -0.15) is 0 Å². The number of allylic oxidation sites excluding steroid dienone is 2. The molecule has 2 aromatic carbocycles. The number of carbonyl (C=O) groups is 3. The summed E-state index contributed by atoms with van der Waals surface area (Å²) in [6.07, 6.45) is 2.11. The number of rotatable bonds is 4. The van der Waals surface area contributed by atoms with Crippen molar-refractivity contribution < 1.29 is 32.3 Å². The minimum Gasteiger partial charge on any atom is -0.454 e. The molecule has 0 spiro atoms. The lowest BCUT2D eigenvalue weighted by molar-refractivity contribution is -0.115. The van der Waals surface area contributed by atoms with Crippen LogP contribution in [-0.4, -0.2) is 31.9 Å². The van der Waals surface area contributed by atoms with E-state index in [1.165, 1.54) is 12.1 Å². The van der Waals surface area contributed by atoms with Crippen molar-refractivity contribution in [2.45, 2.75) is 50.5 Å². The van der Waals surface area contributed by atoms with Crippen LogP contribution in [0.5, 0.6) is 0 Å². The number of ketones is 1. The molecule has 33 heavy (non-hydrogen) atoms. The Bertz CT molecular complexity index is 1270. The van der Waals surface area contributed by atoms with Gasteiger partial charge >= 0.3 is 11.9 Å². The Labute approximate surface area is 192 Å². The zero-order valence-electron chi connectivity index (χ0n) is 18.4. The highest BCUT2D eigenvalue weighted by molar-refractivity contribution is 7.91. The highest BCUT2D eigenvalue weighted by atomic mass is 32.2. The normalized spacial score (nSPS) is 19.3. The third kappa shape index (κ3) is 4.61. The Hall–Kier alpha value is -3.26. The van der Waals surface area contributed by atoms with Gasteiger partial charge in [-0.05, 0) is 49.6 Å². The summed E-state index contributed by atoms with van der Waals surface area (Å²) in [6.45, 7) is 3.23. The summed E-state index contributed by atoms with van der Waals surface area (Å²) in [5, 5.41) is 0. The molecule has 1 aliphatic heterocycles. The van der Waals surface area contributed by atoms with Gasteiger partial charge in [0.2, 0.25) is 0 Å². The van der Waals surface area contributed by atoms with Gasteiger partial charge in [-0.15, -0.1) is 0 Å². The van der Waals surface area contributed by atoms with Gasteiger partial charge in [-0.25, -0.2) is 18.0 Å². The van der Waals surface area contributed by atoms with Crippen LogP contribution >= 0.6 is 0 Å². The molecule has 1 heterocycles. The smallest absolute Gasteiger partial charge is 0.343 e. The number of ether oxygens (including phenoxy) is 2. The van der Waals surface area contributed by atoms with Gasteiger partial charge in [-0.3, -0.25) is 4.79 Å². The lowest BCUT2D eigenvalue weighted by Gasteiger charge is -2.29. The molecule has 0 saturated heterocycles. The quantitative estimate of drug-likeness (QED) is 0.620. The summed E-state index contributed by atoms with van der Waals surface area (Å²) >= 11 is 0. The third-order valence-electron chi connectivity index (χ3n) is 5.92. The molecule has 1 aliphatic carbocycles. The van der Waals surface area contributed by atoms with E-state index in [9.17, 15) is 22.8 Å². The van der Waals surface area contributed by atoms with Crippen molar-refractivity contribution in [2.75, 3.05) is 5.75 Å². The summed E-state index contributed by atoms with van der Waals surface area (Å²) in [5.41, 5.74) is 1.62. The molecule has 7 nitrogen and oxygen atoms in total. The van der Waals surface area contributed by atoms with E-state index >= 15 is 0 Å². The van der Waals surface area contributed by atoms with Crippen LogP contribution in [0, 0.1) is 13.8 Å². The summed E-state index contributed by atoms with van der Waals surface area (Å²) in [6, 6.07) is 9.93. The van der Waals surface area contributed by atoms with Gasteiger partial charge in [0.05, 0.1) is 21.8 Å². The van der Waals surface area contributed by atoms with Crippen molar-refractivity contribution in [1.82, 2.24) is 0 Å². The Kier molecular flexibility index (Phi) is 6.21. The molecule has 2 aromatic rings. The molecule has 0 aromatic heterocycles. The van der Waals surface area contributed by atoms with E-state index in [-0.39, 0.29) is 28.4 Å². The minimum absolute atomic E-state index is 0.0896. The van der Waals surface area contributed by atoms with E-state index in [1.54, 1.807) is 44.2 Å². The first-order valence-electron chi connectivity index (χ1n) is 10.8. The number of carbonyl (C=O) groups excluding carboxylic acids is 3. The summed E-state index contributed by atoms with van der Waals surface area (Å²) in [4.78, 5) is 37.4. The molecule has 0 N–H and O–H groups in total. The monoisotopic (exact) mass is 468 g/mol. The number of hydrogen-bond acceptors (Lipinski definition) is 7. The van der Waals surface area contributed by atoms with Crippen LogP contribution in [0.2, 0.25) is 0 Å². The van der Waals surface area contributed by atoms with Gasteiger partial charge < -0.3 is 9.47 Å². The van der Waals surface area contributed by atoms with E-state index in [0.717, 1.165) is 0 Å². The van der Waals surface area contributed by atoms with E-state index in [0.29, 0.717) is 47.3 Å². The predicted molar refractivity (Wildman–Crippen MR) is 120 cm³/mol. The number of aryl methyl sites for hydroxylation is 1. The van der Waals surface area contributed by atoms with Crippen molar-refractivity contribution in [3.63, 3.8) is 0 Å². The van der Waals surface area contributed by atoms with E-state index in [4.69, 9.17) is 9.47 Å². The summed E-state index contributed by atoms with van der Waals surface area (Å²) < 4.78 is 36.9.